The number of thiazole rings is 1. The summed E-state index contributed by atoms with van der Waals surface area (Å²) in [6, 6.07) is -0.289. The van der Waals surface area contributed by atoms with Crippen molar-refractivity contribution in [1.29, 1.82) is 0 Å². The van der Waals surface area contributed by atoms with E-state index in [4.69, 9.17) is 10.5 Å². The van der Waals surface area contributed by atoms with E-state index < -0.39 is 10.0 Å². The van der Waals surface area contributed by atoms with E-state index in [1.54, 1.807) is 6.92 Å². The first-order valence-corrected chi connectivity index (χ1v) is 6.48. The van der Waals surface area contributed by atoms with Gasteiger partial charge in [0.2, 0.25) is 0 Å². The molecule has 0 unspecified atom stereocenters. The highest BCUT2D eigenvalue weighted by Gasteiger charge is 2.19. The molecule has 0 aliphatic heterocycles. The Bertz CT molecular complexity index is 415. The summed E-state index contributed by atoms with van der Waals surface area (Å²) in [6.45, 7) is 2.03. The maximum Gasteiger partial charge on any atom is 0.252 e. The average molecular weight is 251 g/mol. The van der Waals surface area contributed by atoms with E-state index in [-0.39, 0.29) is 15.4 Å². The van der Waals surface area contributed by atoms with Crippen molar-refractivity contribution in [2.24, 2.45) is 0 Å². The highest BCUT2D eigenvalue weighted by molar-refractivity contribution is 7.91. The Labute approximate surface area is 92.5 Å². The molecule has 0 fully saturated rings. The SMILES string of the molecule is COC[C@@H](C)NS(=O)(=O)c1cnc(N)s1. The van der Waals surface area contributed by atoms with Gasteiger partial charge in [0.1, 0.15) is 0 Å². The lowest BCUT2D eigenvalue weighted by Gasteiger charge is -2.11. The van der Waals surface area contributed by atoms with Crippen LogP contribution in [0.2, 0.25) is 0 Å². The van der Waals surface area contributed by atoms with Gasteiger partial charge in [0.05, 0.1) is 12.8 Å². The van der Waals surface area contributed by atoms with E-state index in [0.717, 1.165) is 11.3 Å². The second kappa shape index (κ2) is 4.88. The van der Waals surface area contributed by atoms with Crippen LogP contribution in [-0.2, 0) is 14.8 Å². The summed E-state index contributed by atoms with van der Waals surface area (Å²) >= 11 is 0.930. The van der Waals surface area contributed by atoms with Crippen molar-refractivity contribution in [3.05, 3.63) is 6.20 Å². The molecule has 1 atom stereocenters. The largest absolute Gasteiger partial charge is 0.383 e. The first kappa shape index (κ1) is 12.4. The summed E-state index contributed by atoms with van der Waals surface area (Å²) < 4.78 is 30.7. The van der Waals surface area contributed by atoms with Crippen LogP contribution in [0.1, 0.15) is 6.92 Å². The Morgan fingerprint density at radius 1 is 1.73 bits per heavy atom. The summed E-state index contributed by atoms with van der Waals surface area (Å²) in [7, 11) is -2.01. The number of ether oxygens (including phenoxy) is 1. The van der Waals surface area contributed by atoms with Crippen molar-refractivity contribution in [3.63, 3.8) is 0 Å². The van der Waals surface area contributed by atoms with Crippen LogP contribution in [-0.4, -0.2) is 33.2 Å². The smallest absolute Gasteiger partial charge is 0.252 e. The summed E-state index contributed by atoms with van der Waals surface area (Å²) in [5.41, 5.74) is 5.36. The maximum atomic E-state index is 11.7. The molecule has 0 amide bonds. The predicted octanol–water partition coefficient (Wildman–Crippen LogP) is 0.0385. The molecule has 1 aromatic rings. The number of sulfonamides is 1. The molecule has 0 aliphatic rings. The Morgan fingerprint density at radius 3 is 2.87 bits per heavy atom. The number of nitrogen functional groups attached to an aromatic ring is 1. The fraction of sp³-hybridized carbons (Fsp3) is 0.571. The second-order valence-electron chi connectivity index (χ2n) is 3.00. The number of nitrogens with two attached hydrogens (primary N) is 1. The third-order valence-corrected chi connectivity index (χ3v) is 4.42. The van der Waals surface area contributed by atoms with Crippen LogP contribution in [0.5, 0.6) is 0 Å². The molecule has 86 valence electrons. The molecule has 0 aliphatic carbocycles. The van der Waals surface area contributed by atoms with Gasteiger partial charge in [0, 0.05) is 13.2 Å². The Hall–Kier alpha value is -0.700. The number of rotatable bonds is 5. The number of anilines is 1. The molecule has 0 bridgehead atoms. The summed E-state index contributed by atoms with van der Waals surface area (Å²) in [5, 5.41) is 0.231. The van der Waals surface area contributed by atoms with Gasteiger partial charge in [0.25, 0.3) is 10.0 Å². The van der Waals surface area contributed by atoms with E-state index in [1.807, 2.05) is 0 Å². The highest BCUT2D eigenvalue weighted by Crippen LogP contribution is 2.19. The second-order valence-corrected chi connectivity index (χ2v) is 6.00. The third-order valence-electron chi connectivity index (χ3n) is 1.54. The Morgan fingerprint density at radius 2 is 2.40 bits per heavy atom. The van der Waals surface area contributed by atoms with Crippen LogP contribution in [0, 0.1) is 0 Å². The standard InChI is InChI=1S/C7H13N3O3S2/c1-5(4-13-2)10-15(11,12)6-3-9-7(8)14-6/h3,5,10H,4H2,1-2H3,(H2,8,9)/t5-/m1/s1. The van der Waals surface area contributed by atoms with Gasteiger partial charge < -0.3 is 10.5 Å². The van der Waals surface area contributed by atoms with E-state index in [0.29, 0.717) is 6.61 Å². The minimum atomic E-state index is -3.51. The molecule has 1 aromatic heterocycles. The van der Waals surface area contributed by atoms with Crippen LogP contribution in [0.4, 0.5) is 5.13 Å². The van der Waals surface area contributed by atoms with Crippen molar-refractivity contribution in [2.45, 2.75) is 17.2 Å². The fourth-order valence-corrected chi connectivity index (χ4v) is 3.16. The lowest BCUT2D eigenvalue weighted by molar-refractivity contribution is 0.180. The lowest BCUT2D eigenvalue weighted by Crippen LogP contribution is -2.35. The van der Waals surface area contributed by atoms with Crippen molar-refractivity contribution in [3.8, 4) is 0 Å². The van der Waals surface area contributed by atoms with Gasteiger partial charge in [-0.25, -0.2) is 18.1 Å². The Kier molecular flexibility index (Phi) is 4.03. The topological polar surface area (TPSA) is 94.3 Å². The number of hydrogen-bond donors (Lipinski definition) is 2. The number of methoxy groups -OCH3 is 1. The van der Waals surface area contributed by atoms with Gasteiger partial charge >= 0.3 is 0 Å². The van der Waals surface area contributed by atoms with Crippen LogP contribution in [0.3, 0.4) is 0 Å². The molecule has 15 heavy (non-hydrogen) atoms. The van der Waals surface area contributed by atoms with Crippen LogP contribution in [0.15, 0.2) is 10.4 Å². The monoisotopic (exact) mass is 251 g/mol. The van der Waals surface area contributed by atoms with E-state index >= 15 is 0 Å². The molecular formula is C7H13N3O3S2. The van der Waals surface area contributed by atoms with Gasteiger partial charge in [-0.1, -0.05) is 11.3 Å². The van der Waals surface area contributed by atoms with Gasteiger partial charge in [0.15, 0.2) is 9.34 Å². The normalized spacial score (nSPS) is 14.0. The van der Waals surface area contributed by atoms with Crippen molar-refractivity contribution >= 4 is 26.5 Å². The number of nitrogens with zero attached hydrogens (tertiary/aromatic N) is 1. The van der Waals surface area contributed by atoms with Crippen LogP contribution >= 0.6 is 11.3 Å². The van der Waals surface area contributed by atoms with Gasteiger partial charge in [-0.2, -0.15) is 0 Å². The van der Waals surface area contributed by atoms with Crippen molar-refractivity contribution < 1.29 is 13.2 Å². The average Bonchev–Trinajstić information content (AvgIpc) is 2.51. The predicted molar refractivity (Wildman–Crippen MR) is 58.2 cm³/mol. The van der Waals surface area contributed by atoms with Gasteiger partial charge in [-0.15, -0.1) is 0 Å². The summed E-state index contributed by atoms with van der Waals surface area (Å²) in [5.74, 6) is 0. The molecule has 0 saturated carbocycles. The zero-order valence-corrected chi connectivity index (χ0v) is 10.1. The first-order valence-electron chi connectivity index (χ1n) is 4.18. The van der Waals surface area contributed by atoms with E-state index in [2.05, 4.69) is 9.71 Å². The molecule has 0 saturated heterocycles. The Balaban J connectivity index is 2.76. The minimum absolute atomic E-state index is 0.114. The zero-order valence-electron chi connectivity index (χ0n) is 8.43. The van der Waals surface area contributed by atoms with Crippen molar-refractivity contribution in [2.75, 3.05) is 19.5 Å². The number of nitrogens with one attached hydrogen (secondary N) is 1. The molecule has 1 rings (SSSR count). The first-order chi connectivity index (χ1) is 6.95. The van der Waals surface area contributed by atoms with E-state index in [9.17, 15) is 8.42 Å². The van der Waals surface area contributed by atoms with Crippen LogP contribution < -0.4 is 10.5 Å². The summed E-state index contributed by atoms with van der Waals surface area (Å²) in [4.78, 5) is 3.68. The quantitative estimate of drug-likeness (QED) is 0.770. The van der Waals surface area contributed by atoms with Gasteiger partial charge in [-0.05, 0) is 6.92 Å². The molecule has 3 N–H and O–H groups in total. The molecule has 1 heterocycles. The third kappa shape index (κ3) is 3.42. The minimum Gasteiger partial charge on any atom is -0.383 e. The maximum absolute atomic E-state index is 11.7. The fourth-order valence-electron chi connectivity index (χ4n) is 1.00. The zero-order chi connectivity index (χ0) is 11.5. The molecule has 6 nitrogen and oxygen atoms in total. The van der Waals surface area contributed by atoms with Gasteiger partial charge in [-0.3, -0.25) is 0 Å². The summed E-state index contributed by atoms with van der Waals surface area (Å²) in [6.07, 6.45) is 1.24. The number of hydrogen-bond acceptors (Lipinski definition) is 6. The van der Waals surface area contributed by atoms with Crippen molar-refractivity contribution in [1.82, 2.24) is 9.71 Å². The van der Waals surface area contributed by atoms with E-state index in [1.165, 1.54) is 13.3 Å². The lowest BCUT2D eigenvalue weighted by atomic mass is 10.4. The molecular weight excluding hydrogens is 238 g/mol. The molecule has 8 heteroatoms. The number of aromatic nitrogens is 1. The van der Waals surface area contributed by atoms with Crippen LogP contribution in [0.25, 0.3) is 0 Å². The molecule has 0 radical (unpaired) electrons. The molecule has 0 aromatic carbocycles. The molecule has 0 spiro atoms. The highest BCUT2D eigenvalue weighted by atomic mass is 32.2.